The minimum atomic E-state index is -0.731. The summed E-state index contributed by atoms with van der Waals surface area (Å²) < 4.78 is 17.3. The first-order valence-corrected chi connectivity index (χ1v) is 10.2. The second-order valence-corrected chi connectivity index (χ2v) is 7.77. The summed E-state index contributed by atoms with van der Waals surface area (Å²) in [6.07, 6.45) is -0.988. The van der Waals surface area contributed by atoms with Gasteiger partial charge in [0.2, 0.25) is 0 Å². The van der Waals surface area contributed by atoms with Gasteiger partial charge in [0.25, 0.3) is 0 Å². The van der Waals surface area contributed by atoms with Crippen LogP contribution in [0.15, 0.2) is 54.6 Å². The third-order valence-corrected chi connectivity index (χ3v) is 5.95. The number of nitrogens with zero attached hydrogens (tertiary/aromatic N) is 1. The highest BCUT2D eigenvalue weighted by molar-refractivity contribution is 5.26. The van der Waals surface area contributed by atoms with E-state index in [1.165, 1.54) is 0 Å². The number of fused-ring (bicyclic) bond motifs is 1. The van der Waals surface area contributed by atoms with E-state index in [-0.39, 0.29) is 12.1 Å². The van der Waals surface area contributed by atoms with Crippen molar-refractivity contribution < 1.29 is 24.4 Å². The van der Waals surface area contributed by atoms with Crippen molar-refractivity contribution in [3.05, 3.63) is 65.7 Å². The van der Waals surface area contributed by atoms with E-state index in [9.17, 15) is 10.2 Å². The van der Waals surface area contributed by atoms with Crippen LogP contribution in [-0.4, -0.2) is 65.8 Å². The van der Waals surface area contributed by atoms with Crippen molar-refractivity contribution in [3.63, 3.8) is 0 Å². The molecular formula is C23H29NO5. The third-order valence-electron chi connectivity index (χ3n) is 5.95. The van der Waals surface area contributed by atoms with Crippen molar-refractivity contribution in [1.82, 2.24) is 4.90 Å². The van der Waals surface area contributed by atoms with E-state index >= 15 is 0 Å². The Morgan fingerprint density at radius 2 is 1.69 bits per heavy atom. The summed E-state index contributed by atoms with van der Waals surface area (Å²) in [7, 11) is 1.65. The van der Waals surface area contributed by atoms with Crippen LogP contribution in [-0.2, 0) is 22.7 Å². The summed E-state index contributed by atoms with van der Waals surface area (Å²) in [6, 6.07) is 17.3. The number of ether oxygens (including phenoxy) is 3. The molecule has 0 bridgehead atoms. The zero-order chi connectivity index (χ0) is 20.2. The van der Waals surface area contributed by atoms with Crippen LogP contribution in [0.5, 0.6) is 5.75 Å². The SMILES string of the molecule is COc1ccc(COC[C@@H]2[C@H](OCc3ccccc3)[C@@H](O)[C@H]3[C@H](O)CCN32)cc1. The van der Waals surface area contributed by atoms with Crippen molar-refractivity contribution in [1.29, 1.82) is 0 Å². The first-order chi connectivity index (χ1) is 14.2. The van der Waals surface area contributed by atoms with Gasteiger partial charge in [-0.15, -0.1) is 0 Å². The molecule has 4 rings (SSSR count). The number of aliphatic hydroxyl groups excluding tert-OH is 2. The first kappa shape index (κ1) is 20.3. The van der Waals surface area contributed by atoms with Gasteiger partial charge in [-0.1, -0.05) is 42.5 Å². The van der Waals surface area contributed by atoms with Gasteiger partial charge in [0.15, 0.2) is 0 Å². The molecule has 29 heavy (non-hydrogen) atoms. The largest absolute Gasteiger partial charge is 0.497 e. The lowest BCUT2D eigenvalue weighted by Crippen LogP contribution is -2.41. The molecule has 0 radical (unpaired) electrons. The van der Waals surface area contributed by atoms with Crippen LogP contribution in [0.2, 0.25) is 0 Å². The van der Waals surface area contributed by atoms with Crippen molar-refractivity contribution in [2.75, 3.05) is 20.3 Å². The predicted molar refractivity (Wildman–Crippen MR) is 109 cm³/mol. The molecule has 0 aliphatic carbocycles. The van der Waals surface area contributed by atoms with Gasteiger partial charge in [0, 0.05) is 6.54 Å². The molecule has 0 spiro atoms. The van der Waals surface area contributed by atoms with E-state index in [2.05, 4.69) is 4.90 Å². The maximum Gasteiger partial charge on any atom is 0.118 e. The molecule has 156 valence electrons. The van der Waals surface area contributed by atoms with E-state index in [1.54, 1.807) is 7.11 Å². The Balaban J connectivity index is 1.39. The van der Waals surface area contributed by atoms with Crippen LogP contribution < -0.4 is 4.74 Å². The van der Waals surface area contributed by atoms with E-state index in [0.717, 1.165) is 23.4 Å². The third kappa shape index (κ3) is 4.47. The molecule has 2 aromatic carbocycles. The highest BCUT2D eigenvalue weighted by atomic mass is 16.5. The first-order valence-electron chi connectivity index (χ1n) is 10.2. The van der Waals surface area contributed by atoms with Gasteiger partial charge in [-0.05, 0) is 29.7 Å². The summed E-state index contributed by atoms with van der Waals surface area (Å²) in [5.74, 6) is 0.816. The number of benzene rings is 2. The molecule has 2 aliphatic heterocycles. The number of hydrogen-bond donors (Lipinski definition) is 2. The lowest BCUT2D eigenvalue weighted by atomic mass is 10.0. The van der Waals surface area contributed by atoms with Crippen molar-refractivity contribution in [2.24, 2.45) is 0 Å². The van der Waals surface area contributed by atoms with Gasteiger partial charge < -0.3 is 24.4 Å². The van der Waals surface area contributed by atoms with E-state index in [0.29, 0.717) is 26.2 Å². The van der Waals surface area contributed by atoms with E-state index < -0.39 is 18.3 Å². The zero-order valence-electron chi connectivity index (χ0n) is 16.7. The highest BCUT2D eigenvalue weighted by Crippen LogP contribution is 2.35. The summed E-state index contributed by atoms with van der Waals surface area (Å²) >= 11 is 0. The predicted octanol–water partition coefficient (Wildman–Crippen LogP) is 1.98. The van der Waals surface area contributed by atoms with Gasteiger partial charge in [0.1, 0.15) is 11.9 Å². The van der Waals surface area contributed by atoms with Crippen molar-refractivity contribution in [3.8, 4) is 5.75 Å². The number of methoxy groups -OCH3 is 1. The molecule has 5 atom stereocenters. The molecule has 2 aromatic rings. The Labute approximate surface area is 171 Å². The second-order valence-electron chi connectivity index (χ2n) is 7.77. The maximum absolute atomic E-state index is 10.9. The number of rotatable bonds is 8. The van der Waals surface area contributed by atoms with Crippen molar-refractivity contribution in [2.45, 2.75) is 50.0 Å². The zero-order valence-corrected chi connectivity index (χ0v) is 16.7. The molecular weight excluding hydrogens is 370 g/mol. The van der Waals surface area contributed by atoms with Gasteiger partial charge in [0.05, 0.1) is 51.2 Å². The quantitative estimate of drug-likeness (QED) is 0.707. The Bertz CT molecular complexity index is 769. The summed E-state index contributed by atoms with van der Waals surface area (Å²) in [5, 5.41) is 21.2. The average Bonchev–Trinajstić information content (AvgIpc) is 3.26. The molecule has 2 N–H and O–H groups in total. The van der Waals surface area contributed by atoms with Crippen LogP contribution in [0.3, 0.4) is 0 Å². The molecule has 2 fully saturated rings. The standard InChI is InChI=1S/C23H29NO5/c1-27-18-9-7-17(8-10-18)13-28-15-19-23(29-14-16-5-3-2-4-6-16)22(26)21-20(25)11-12-24(19)21/h2-10,19-23,25-26H,11-15H2,1H3/t19-,20-,21-,22+,23+/m1/s1. The number of aliphatic hydroxyl groups is 2. The van der Waals surface area contributed by atoms with Crippen molar-refractivity contribution >= 4 is 0 Å². The number of hydrogen-bond acceptors (Lipinski definition) is 6. The molecule has 0 saturated carbocycles. The minimum absolute atomic E-state index is 0.0888. The molecule has 0 unspecified atom stereocenters. The van der Waals surface area contributed by atoms with Crippen LogP contribution in [0.25, 0.3) is 0 Å². The molecule has 6 heteroatoms. The molecule has 2 heterocycles. The average molecular weight is 399 g/mol. The smallest absolute Gasteiger partial charge is 0.118 e. The van der Waals surface area contributed by atoms with E-state index in [4.69, 9.17) is 14.2 Å². The monoisotopic (exact) mass is 399 g/mol. The van der Waals surface area contributed by atoms with E-state index in [1.807, 2.05) is 54.6 Å². The summed E-state index contributed by atoms with van der Waals surface area (Å²) in [5.41, 5.74) is 2.12. The van der Waals surface area contributed by atoms with Crippen LogP contribution in [0.4, 0.5) is 0 Å². The Kier molecular flexibility index (Phi) is 6.47. The van der Waals surface area contributed by atoms with Crippen LogP contribution in [0.1, 0.15) is 17.5 Å². The lowest BCUT2D eigenvalue weighted by molar-refractivity contribution is -0.0626. The highest BCUT2D eigenvalue weighted by Gasteiger charge is 2.54. The normalized spacial score (nSPS) is 29.1. The van der Waals surface area contributed by atoms with Gasteiger partial charge in [-0.2, -0.15) is 0 Å². The maximum atomic E-state index is 10.9. The fraction of sp³-hybridized carbons (Fsp3) is 0.478. The summed E-state index contributed by atoms with van der Waals surface area (Å²) in [4.78, 5) is 2.15. The molecule has 2 saturated heterocycles. The molecule has 0 aromatic heterocycles. The summed E-state index contributed by atoms with van der Waals surface area (Å²) in [6.45, 7) is 2.08. The van der Waals surface area contributed by atoms with Gasteiger partial charge in [-0.25, -0.2) is 0 Å². The minimum Gasteiger partial charge on any atom is -0.497 e. The topological polar surface area (TPSA) is 71.4 Å². The Morgan fingerprint density at radius 3 is 2.41 bits per heavy atom. The fourth-order valence-corrected chi connectivity index (χ4v) is 4.43. The molecule has 2 aliphatic rings. The van der Waals surface area contributed by atoms with Gasteiger partial charge >= 0.3 is 0 Å². The molecule has 6 nitrogen and oxygen atoms in total. The van der Waals surface area contributed by atoms with Crippen LogP contribution >= 0.6 is 0 Å². The van der Waals surface area contributed by atoms with Gasteiger partial charge in [-0.3, -0.25) is 4.90 Å². The Hall–Kier alpha value is -1.96. The second kappa shape index (κ2) is 9.24. The van der Waals surface area contributed by atoms with Crippen LogP contribution in [0, 0.1) is 0 Å². The molecule has 0 amide bonds. The fourth-order valence-electron chi connectivity index (χ4n) is 4.43. The Morgan fingerprint density at radius 1 is 0.966 bits per heavy atom. The lowest BCUT2D eigenvalue weighted by Gasteiger charge is -2.27.